The van der Waals surface area contributed by atoms with Crippen molar-refractivity contribution in [3.8, 4) is 0 Å². The van der Waals surface area contributed by atoms with Crippen LogP contribution in [-0.2, 0) is 28.4 Å². The van der Waals surface area contributed by atoms with Crippen LogP contribution in [-0.4, -0.2) is 75.5 Å². The predicted molar refractivity (Wildman–Crippen MR) is 313 cm³/mol. The Morgan fingerprint density at radius 3 is 0.654 bits per heavy atom. The first-order valence-electron chi connectivity index (χ1n) is 30.0. The Bertz CT molecular complexity index is 1990. The minimum Gasteiger partial charge on any atom is -0.462 e. The van der Waals surface area contributed by atoms with Crippen molar-refractivity contribution in [2.75, 3.05) is 39.6 Å². The van der Waals surface area contributed by atoms with E-state index in [4.69, 9.17) is 28.4 Å². The molecule has 0 unspecified atom stereocenters. The number of unbranched alkanes of at least 4 members (excludes halogenated alkanes) is 15. The maximum Gasteiger partial charge on any atom is 0.338 e. The molecule has 0 aliphatic carbocycles. The van der Waals surface area contributed by atoms with Crippen LogP contribution in [0, 0.1) is 17.8 Å². The number of ether oxygens (including phenoxy) is 6. The molecule has 0 aromatic heterocycles. The van der Waals surface area contributed by atoms with Gasteiger partial charge in [-0.2, -0.15) is 0 Å². The van der Waals surface area contributed by atoms with Crippen LogP contribution in [0.3, 0.4) is 0 Å². The Labute approximate surface area is 471 Å². The maximum absolute atomic E-state index is 12.3. The van der Waals surface area contributed by atoms with E-state index < -0.39 is 17.9 Å². The molecule has 0 heterocycles. The highest BCUT2D eigenvalue weighted by Gasteiger charge is 2.15. The zero-order chi connectivity index (χ0) is 57.6. The Morgan fingerprint density at radius 2 is 0.462 bits per heavy atom. The summed E-state index contributed by atoms with van der Waals surface area (Å²) in [6, 6.07) is 19.6. The van der Waals surface area contributed by atoms with Crippen LogP contribution in [0.2, 0.25) is 0 Å². The molecule has 0 radical (unpaired) electrons. The average molecular weight is 1090 g/mol. The summed E-state index contributed by atoms with van der Waals surface area (Å²) in [5.41, 5.74) is 2.35. The van der Waals surface area contributed by atoms with E-state index >= 15 is 0 Å². The number of esters is 6. The van der Waals surface area contributed by atoms with Crippen LogP contribution in [0.25, 0.3) is 0 Å². The summed E-state index contributed by atoms with van der Waals surface area (Å²) < 4.78 is 31.5. The standard InChI is InChI=1S/C28H46O4.C22H34O4.C16H22O4/c1-23(2)16-11-7-5-9-13-20-31-27(29)25-18-15-19-26(22-25)28(30)32-21-14-10-6-8-12-17-24(3)4;1-4-5-15-25-21(23)19-13-11-14-20(17-19)22(24)26-16-10-8-6-7-9-12-18(2)3;1-3-5-10-19-15(17)13-8-7-9-14(12-13)16(18)20-11-6-4-2/h15,18-19,22-24H,5-14,16-17,20-21H2,1-4H3;11,13-14,17-18H,4-10,12,15-16H2,1-3H3;7-9,12H,3-6,10-11H2,1-2H3. The molecule has 0 atom stereocenters. The average Bonchev–Trinajstić information content (AvgIpc) is 3.43. The minimum absolute atomic E-state index is 0.374. The summed E-state index contributed by atoms with van der Waals surface area (Å²) in [5.74, 6) is -0.00925. The number of carbonyl (C=O) groups excluding carboxylic acids is 6. The first-order chi connectivity index (χ1) is 37.6. The van der Waals surface area contributed by atoms with Gasteiger partial charge in [0.15, 0.2) is 0 Å². The summed E-state index contributed by atoms with van der Waals surface area (Å²) in [7, 11) is 0. The van der Waals surface area contributed by atoms with Crippen molar-refractivity contribution >= 4 is 35.8 Å². The molecule has 438 valence electrons. The monoisotopic (exact) mass is 1090 g/mol. The lowest BCUT2D eigenvalue weighted by atomic mass is 10.0. The van der Waals surface area contributed by atoms with Crippen molar-refractivity contribution in [1.82, 2.24) is 0 Å². The van der Waals surface area contributed by atoms with Gasteiger partial charge in [-0.25, -0.2) is 28.8 Å². The molecule has 0 bridgehead atoms. The minimum atomic E-state index is -0.401. The van der Waals surface area contributed by atoms with E-state index in [1.54, 1.807) is 66.7 Å². The van der Waals surface area contributed by atoms with Crippen LogP contribution in [0.1, 0.15) is 279 Å². The molecule has 0 aliphatic heterocycles. The number of carbonyl (C=O) groups is 6. The number of benzene rings is 3. The molecule has 0 spiro atoms. The first-order valence-corrected chi connectivity index (χ1v) is 30.0. The lowest BCUT2D eigenvalue weighted by molar-refractivity contribution is 0.0478. The molecule has 3 rings (SSSR count). The van der Waals surface area contributed by atoms with Gasteiger partial charge in [-0.1, -0.05) is 196 Å². The van der Waals surface area contributed by atoms with Gasteiger partial charge in [0.05, 0.1) is 73.0 Å². The van der Waals surface area contributed by atoms with E-state index in [-0.39, 0.29) is 17.9 Å². The van der Waals surface area contributed by atoms with Gasteiger partial charge in [-0.3, -0.25) is 0 Å². The Balaban J connectivity index is 0.000000601. The molecule has 0 fully saturated rings. The summed E-state index contributed by atoms with van der Waals surface area (Å²) in [4.78, 5) is 72.2. The third kappa shape index (κ3) is 36.6. The zero-order valence-electron chi connectivity index (χ0n) is 49.8. The molecule has 0 saturated heterocycles. The van der Waals surface area contributed by atoms with Gasteiger partial charge < -0.3 is 28.4 Å². The van der Waals surface area contributed by atoms with E-state index in [0.717, 1.165) is 94.8 Å². The van der Waals surface area contributed by atoms with Crippen molar-refractivity contribution in [1.29, 1.82) is 0 Å². The van der Waals surface area contributed by atoms with E-state index in [1.807, 2.05) is 20.8 Å². The molecule has 0 amide bonds. The Hall–Kier alpha value is -5.52. The molecule has 3 aromatic carbocycles. The zero-order valence-corrected chi connectivity index (χ0v) is 49.8. The summed E-state index contributed by atoms with van der Waals surface area (Å²) in [6.45, 7) is 22.1. The second-order valence-electron chi connectivity index (χ2n) is 21.5. The van der Waals surface area contributed by atoms with Gasteiger partial charge in [-0.05, 0) is 111 Å². The highest BCUT2D eigenvalue weighted by molar-refractivity contribution is 5.97. The SMILES string of the molecule is CC(C)CCCCCCCOC(=O)c1cccc(C(=O)OCCCCCCCC(C)C)c1.CCCCOC(=O)c1cccc(C(=O)OCCCC)c1.CCCCOC(=O)c1cccc(C(=O)OCCCCCCCC(C)C)c1. The second kappa shape index (κ2) is 46.4. The van der Waals surface area contributed by atoms with Crippen molar-refractivity contribution in [3.05, 3.63) is 106 Å². The van der Waals surface area contributed by atoms with Crippen molar-refractivity contribution in [2.24, 2.45) is 17.8 Å². The van der Waals surface area contributed by atoms with Crippen LogP contribution < -0.4 is 0 Å². The van der Waals surface area contributed by atoms with Gasteiger partial charge in [-0.15, -0.1) is 0 Å². The molecule has 78 heavy (non-hydrogen) atoms. The number of rotatable bonds is 39. The molecule has 0 aliphatic rings. The molecule has 0 saturated carbocycles. The molecular weight excluding hydrogens is 985 g/mol. The van der Waals surface area contributed by atoms with Crippen molar-refractivity contribution in [3.63, 3.8) is 0 Å². The van der Waals surface area contributed by atoms with Crippen LogP contribution >= 0.6 is 0 Å². The number of hydrogen-bond donors (Lipinski definition) is 0. The van der Waals surface area contributed by atoms with Gasteiger partial charge in [0.25, 0.3) is 0 Å². The van der Waals surface area contributed by atoms with Gasteiger partial charge in [0, 0.05) is 0 Å². The fourth-order valence-electron chi connectivity index (χ4n) is 7.80. The van der Waals surface area contributed by atoms with Crippen LogP contribution in [0.4, 0.5) is 0 Å². The molecule has 12 nitrogen and oxygen atoms in total. The lowest BCUT2D eigenvalue weighted by Gasteiger charge is -2.08. The largest absolute Gasteiger partial charge is 0.462 e. The summed E-state index contributed by atoms with van der Waals surface area (Å²) in [5, 5.41) is 0. The van der Waals surface area contributed by atoms with Gasteiger partial charge in [0.1, 0.15) is 0 Å². The second-order valence-corrected chi connectivity index (χ2v) is 21.5. The highest BCUT2D eigenvalue weighted by Crippen LogP contribution is 2.16. The van der Waals surface area contributed by atoms with Gasteiger partial charge in [0.2, 0.25) is 0 Å². The highest BCUT2D eigenvalue weighted by atomic mass is 16.6. The quantitative estimate of drug-likeness (QED) is 0.0303. The summed E-state index contributed by atoms with van der Waals surface area (Å²) >= 11 is 0. The van der Waals surface area contributed by atoms with Crippen molar-refractivity contribution in [2.45, 2.75) is 216 Å². The predicted octanol–water partition coefficient (Wildman–Crippen LogP) is 17.4. The third-order valence-electron chi connectivity index (χ3n) is 12.7. The van der Waals surface area contributed by atoms with Crippen molar-refractivity contribution < 1.29 is 57.2 Å². The molecule has 3 aromatic rings. The fraction of sp³-hybridized carbons (Fsp3) is 0.636. The van der Waals surface area contributed by atoms with E-state index in [2.05, 4.69) is 41.5 Å². The third-order valence-corrected chi connectivity index (χ3v) is 12.7. The van der Waals surface area contributed by atoms with E-state index in [9.17, 15) is 28.8 Å². The normalized spacial score (nSPS) is 10.8. The summed E-state index contributed by atoms with van der Waals surface area (Å²) in [6.07, 6.45) is 26.3. The number of hydrogen-bond acceptors (Lipinski definition) is 12. The van der Waals surface area contributed by atoms with Crippen LogP contribution in [0.5, 0.6) is 0 Å². The smallest absolute Gasteiger partial charge is 0.338 e. The maximum atomic E-state index is 12.3. The molecule has 12 heteroatoms. The molecule has 0 N–H and O–H groups in total. The van der Waals surface area contributed by atoms with Gasteiger partial charge >= 0.3 is 35.8 Å². The lowest BCUT2D eigenvalue weighted by Crippen LogP contribution is -2.10. The fourth-order valence-corrected chi connectivity index (χ4v) is 7.80. The Kier molecular flexibility index (Phi) is 41.9. The molecular formula is C66H102O12. The van der Waals surface area contributed by atoms with E-state index in [1.165, 1.54) is 83.1 Å². The van der Waals surface area contributed by atoms with Crippen LogP contribution in [0.15, 0.2) is 72.8 Å². The topological polar surface area (TPSA) is 158 Å². The Morgan fingerprint density at radius 1 is 0.282 bits per heavy atom. The van der Waals surface area contributed by atoms with E-state index in [0.29, 0.717) is 73.0 Å². The first kappa shape index (κ1) is 70.5.